The summed E-state index contributed by atoms with van der Waals surface area (Å²) < 4.78 is 3.76. The summed E-state index contributed by atoms with van der Waals surface area (Å²) in [5.41, 5.74) is 4.92. The van der Waals surface area contributed by atoms with Crippen molar-refractivity contribution in [3.8, 4) is 0 Å². The summed E-state index contributed by atoms with van der Waals surface area (Å²) in [6, 6.07) is 16.7. The Labute approximate surface area is 135 Å². The van der Waals surface area contributed by atoms with Gasteiger partial charge in [-0.2, -0.15) is 0 Å². The van der Waals surface area contributed by atoms with E-state index < -0.39 is 0 Å². The first-order valence-corrected chi connectivity index (χ1v) is 8.08. The molecule has 0 radical (unpaired) electrons. The zero-order valence-electron chi connectivity index (χ0n) is 13.0. The quantitative estimate of drug-likeness (QED) is 0.605. The van der Waals surface area contributed by atoms with Crippen molar-refractivity contribution >= 4 is 23.8 Å². The molecule has 2 aliphatic heterocycles. The molecule has 0 bridgehead atoms. The summed E-state index contributed by atoms with van der Waals surface area (Å²) in [5, 5.41) is 0. The van der Waals surface area contributed by atoms with Crippen LogP contribution in [-0.2, 0) is 22.5 Å². The van der Waals surface area contributed by atoms with Gasteiger partial charge in [-0.25, -0.2) is 0 Å². The maximum absolute atomic E-state index is 5.83. The summed E-state index contributed by atoms with van der Waals surface area (Å²) in [4.78, 5) is 11.7. The number of fused-ring (bicyclic) bond motifs is 2. The second-order valence-electron chi connectivity index (χ2n) is 5.70. The molecule has 4 rings (SSSR count). The monoisotopic (exact) mass is 308 g/mol. The summed E-state index contributed by atoms with van der Waals surface area (Å²) in [6.45, 7) is 1.28. The number of hydrogen-bond donors (Lipinski definition) is 0. The lowest BCUT2D eigenvalue weighted by atomic mass is 10.2. The average Bonchev–Trinajstić information content (AvgIpc) is 3.19. The molecule has 0 unspecified atom stereocenters. The van der Waals surface area contributed by atoms with Gasteiger partial charge >= 0.3 is 0 Å². The Bertz CT molecular complexity index is 715. The second-order valence-corrected chi connectivity index (χ2v) is 5.70. The van der Waals surface area contributed by atoms with E-state index in [-0.39, 0.29) is 0 Å². The predicted octanol–water partition coefficient (Wildman–Crippen LogP) is 3.18. The van der Waals surface area contributed by atoms with Gasteiger partial charge in [0.15, 0.2) is 13.2 Å². The third-order valence-corrected chi connectivity index (χ3v) is 4.16. The van der Waals surface area contributed by atoms with Crippen molar-refractivity contribution in [1.82, 2.24) is 0 Å². The van der Waals surface area contributed by atoms with Crippen molar-refractivity contribution < 1.29 is 19.2 Å². The van der Waals surface area contributed by atoms with Gasteiger partial charge in [-0.05, 0) is 0 Å². The predicted molar refractivity (Wildman–Crippen MR) is 88.8 cm³/mol. The minimum absolute atomic E-state index is 0.639. The van der Waals surface area contributed by atoms with Crippen LogP contribution < -0.4 is 0 Å². The van der Waals surface area contributed by atoms with Crippen LogP contribution in [-0.4, -0.2) is 35.1 Å². The SMILES string of the molecule is C1=[N+](OCCCO[N+]2=CCc3ccccc32)c2ccccc2C1. The van der Waals surface area contributed by atoms with Gasteiger partial charge < -0.3 is 0 Å². The largest absolute Gasteiger partial charge is 0.271 e. The Morgan fingerprint density at radius 3 is 1.70 bits per heavy atom. The van der Waals surface area contributed by atoms with Crippen molar-refractivity contribution in [3.05, 3.63) is 59.7 Å². The molecule has 0 saturated heterocycles. The fraction of sp³-hybridized carbons (Fsp3) is 0.263. The summed E-state index contributed by atoms with van der Waals surface area (Å²) in [6.07, 6.45) is 6.88. The van der Waals surface area contributed by atoms with Gasteiger partial charge in [0, 0.05) is 39.2 Å². The molecule has 2 heterocycles. The van der Waals surface area contributed by atoms with E-state index in [2.05, 4.69) is 48.8 Å². The van der Waals surface area contributed by atoms with E-state index in [9.17, 15) is 0 Å². The van der Waals surface area contributed by atoms with Crippen molar-refractivity contribution in [2.45, 2.75) is 19.3 Å². The van der Waals surface area contributed by atoms with Crippen LogP contribution in [0, 0.1) is 0 Å². The minimum atomic E-state index is 0.639. The summed E-state index contributed by atoms with van der Waals surface area (Å²) >= 11 is 0. The molecule has 0 fully saturated rings. The molecule has 116 valence electrons. The lowest BCUT2D eigenvalue weighted by Gasteiger charge is -2.02. The van der Waals surface area contributed by atoms with Gasteiger partial charge in [-0.15, -0.1) is 0 Å². The Morgan fingerprint density at radius 2 is 1.17 bits per heavy atom. The van der Waals surface area contributed by atoms with Crippen LogP contribution in [0.4, 0.5) is 11.4 Å². The van der Waals surface area contributed by atoms with Gasteiger partial charge in [0.25, 0.3) is 11.4 Å². The van der Waals surface area contributed by atoms with E-state index in [0.717, 1.165) is 30.6 Å². The average molecular weight is 308 g/mol. The molecule has 2 aromatic rings. The molecule has 2 aromatic carbocycles. The molecule has 0 atom stereocenters. The highest BCUT2D eigenvalue weighted by Gasteiger charge is 2.24. The van der Waals surface area contributed by atoms with E-state index in [1.807, 2.05) is 21.6 Å². The summed E-state index contributed by atoms with van der Waals surface area (Å²) in [5.74, 6) is 0. The van der Waals surface area contributed by atoms with Gasteiger partial charge in [-0.3, -0.25) is 9.68 Å². The van der Waals surface area contributed by atoms with Crippen molar-refractivity contribution in [1.29, 1.82) is 0 Å². The molecular formula is C19H20N2O2+2. The lowest BCUT2D eigenvalue weighted by molar-refractivity contribution is -0.733. The normalized spacial score (nSPS) is 14.8. The molecule has 0 saturated carbocycles. The number of rotatable bonds is 6. The smallest absolute Gasteiger partial charge is 0.260 e. The second kappa shape index (κ2) is 6.24. The van der Waals surface area contributed by atoms with Crippen LogP contribution in [0.2, 0.25) is 0 Å². The first-order valence-electron chi connectivity index (χ1n) is 8.08. The topological polar surface area (TPSA) is 24.5 Å². The number of benzene rings is 2. The highest BCUT2D eigenvalue weighted by molar-refractivity contribution is 5.67. The van der Waals surface area contributed by atoms with E-state index in [4.69, 9.17) is 9.68 Å². The molecule has 0 N–H and O–H groups in total. The highest BCUT2D eigenvalue weighted by atomic mass is 16.7. The van der Waals surface area contributed by atoms with Crippen molar-refractivity contribution in [2.75, 3.05) is 13.2 Å². The molecule has 0 aromatic heterocycles. The number of hydrogen-bond acceptors (Lipinski definition) is 2. The van der Waals surface area contributed by atoms with Crippen LogP contribution >= 0.6 is 0 Å². The van der Waals surface area contributed by atoms with Gasteiger partial charge in [0.05, 0.1) is 12.8 Å². The molecule has 0 amide bonds. The minimum Gasteiger partial charge on any atom is -0.271 e. The fourth-order valence-electron chi connectivity index (χ4n) is 2.99. The third kappa shape index (κ3) is 2.84. The van der Waals surface area contributed by atoms with Crippen LogP contribution in [0.25, 0.3) is 0 Å². The van der Waals surface area contributed by atoms with Crippen LogP contribution in [0.3, 0.4) is 0 Å². The first kappa shape index (κ1) is 14.0. The maximum Gasteiger partial charge on any atom is 0.260 e. The van der Waals surface area contributed by atoms with Crippen LogP contribution in [0.15, 0.2) is 48.5 Å². The van der Waals surface area contributed by atoms with Gasteiger partial charge in [0.2, 0.25) is 12.4 Å². The first-order chi connectivity index (χ1) is 11.4. The summed E-state index contributed by atoms with van der Waals surface area (Å²) in [7, 11) is 0. The zero-order valence-corrected chi connectivity index (χ0v) is 13.0. The molecule has 2 aliphatic rings. The standard InChI is InChI=1S/C19H20N2O2/c1-3-8-18-16(6-1)10-12-20(18)22-14-5-15-23-21-13-11-17-7-2-4-9-19(17)21/h1-4,6-9,12-13H,5,10-11,14-15H2/q+2. The van der Waals surface area contributed by atoms with Gasteiger partial charge in [-0.1, -0.05) is 36.4 Å². The lowest BCUT2D eigenvalue weighted by Crippen LogP contribution is -2.11. The Hall–Kier alpha value is -2.62. The maximum atomic E-state index is 5.83. The zero-order chi connectivity index (χ0) is 15.5. The van der Waals surface area contributed by atoms with Crippen LogP contribution in [0.5, 0.6) is 0 Å². The van der Waals surface area contributed by atoms with E-state index in [0.29, 0.717) is 13.2 Å². The number of nitrogens with zero attached hydrogens (tertiary/aromatic N) is 2. The van der Waals surface area contributed by atoms with Crippen molar-refractivity contribution in [2.24, 2.45) is 0 Å². The molecule has 0 spiro atoms. The molecule has 23 heavy (non-hydrogen) atoms. The molecular weight excluding hydrogens is 288 g/mol. The van der Waals surface area contributed by atoms with Crippen molar-refractivity contribution in [3.63, 3.8) is 0 Å². The fourth-order valence-corrected chi connectivity index (χ4v) is 2.99. The molecule has 0 aliphatic carbocycles. The third-order valence-electron chi connectivity index (χ3n) is 4.16. The molecule has 4 nitrogen and oxygen atoms in total. The highest BCUT2D eigenvalue weighted by Crippen LogP contribution is 2.24. The van der Waals surface area contributed by atoms with E-state index in [1.165, 1.54) is 11.1 Å². The Kier molecular flexibility index (Phi) is 3.80. The number of para-hydroxylation sites is 2. The Morgan fingerprint density at radius 1 is 0.696 bits per heavy atom. The Balaban J connectivity index is 1.24. The molecule has 4 heteroatoms. The van der Waals surface area contributed by atoms with E-state index >= 15 is 0 Å². The van der Waals surface area contributed by atoms with Gasteiger partial charge in [0.1, 0.15) is 0 Å². The van der Waals surface area contributed by atoms with Crippen LogP contribution in [0.1, 0.15) is 17.5 Å². The van der Waals surface area contributed by atoms with E-state index in [1.54, 1.807) is 0 Å².